The topological polar surface area (TPSA) is 108 Å². The van der Waals surface area contributed by atoms with Gasteiger partial charge in [-0.05, 0) is 44.9 Å². The number of aliphatic hydroxyl groups is 1. The minimum atomic E-state index is -4.60. The summed E-state index contributed by atoms with van der Waals surface area (Å²) in [6, 6.07) is -0.885. The highest BCUT2D eigenvalue weighted by atomic mass is 31.2. The highest BCUT2D eigenvalue weighted by molar-refractivity contribution is 7.45. The number of quaternary nitrogens is 1. The third kappa shape index (κ3) is 66.5. The van der Waals surface area contributed by atoms with Crippen LogP contribution in [0.1, 0.15) is 386 Å². The summed E-state index contributed by atoms with van der Waals surface area (Å²) in [6.45, 7) is 4.72. The lowest BCUT2D eigenvalue weighted by Crippen LogP contribution is -2.45. The lowest BCUT2D eigenvalue weighted by molar-refractivity contribution is -0.870. The van der Waals surface area contributed by atoms with Gasteiger partial charge in [-0.25, -0.2) is 0 Å². The molecule has 0 bridgehead atoms. The van der Waals surface area contributed by atoms with Crippen molar-refractivity contribution in [3.8, 4) is 0 Å². The van der Waals surface area contributed by atoms with Gasteiger partial charge in [-0.1, -0.05) is 359 Å². The molecule has 0 aliphatic carbocycles. The Morgan fingerprint density at radius 2 is 0.671 bits per heavy atom. The van der Waals surface area contributed by atoms with E-state index in [0.717, 1.165) is 38.5 Å². The Kier molecular flexibility index (Phi) is 63.7. The second-order valence-electron chi connectivity index (χ2n) is 26.7. The van der Waals surface area contributed by atoms with E-state index in [4.69, 9.17) is 9.05 Å². The number of allylic oxidation sites excluding steroid dienone is 3. The molecule has 0 heterocycles. The molecule has 0 fully saturated rings. The van der Waals surface area contributed by atoms with Crippen molar-refractivity contribution in [1.82, 2.24) is 5.32 Å². The molecule has 8 nitrogen and oxygen atoms in total. The van der Waals surface area contributed by atoms with Crippen molar-refractivity contribution in [2.45, 2.75) is 398 Å². The van der Waals surface area contributed by atoms with E-state index in [0.29, 0.717) is 17.4 Å². The molecule has 3 unspecified atom stereocenters. The number of likely N-dealkylation sites (N-methyl/N-ethyl adjacent to an activating group) is 1. The first-order chi connectivity index (χ1) is 40.0. The first-order valence-electron chi connectivity index (χ1n) is 36.7. The van der Waals surface area contributed by atoms with Crippen molar-refractivity contribution in [3.05, 3.63) is 24.3 Å². The Morgan fingerprint density at radius 3 is 0.951 bits per heavy atom. The highest BCUT2D eigenvalue weighted by Gasteiger charge is 2.23. The van der Waals surface area contributed by atoms with E-state index >= 15 is 0 Å². The minimum Gasteiger partial charge on any atom is -0.756 e. The Bertz CT molecular complexity index is 1390. The first-order valence-corrected chi connectivity index (χ1v) is 38.2. The average molecular weight is 1180 g/mol. The monoisotopic (exact) mass is 1180 g/mol. The molecule has 0 radical (unpaired) electrons. The second-order valence-corrected chi connectivity index (χ2v) is 28.1. The SMILES string of the molecule is CCCCCCCCCCCCCCCCCCCC/C=C\CCCCCCCCCCCCCCCCCCCC(=O)NC(COP(=O)([O-])OCC[N+](C)(C)C)C(O)/C=C/CCCCCCCCCCCCCCCCCCCCC. The van der Waals surface area contributed by atoms with E-state index < -0.39 is 20.0 Å². The van der Waals surface area contributed by atoms with Gasteiger partial charge in [0.05, 0.1) is 39.9 Å². The standard InChI is InChI=1S/C73H145N2O6P/c1-6-8-10-12-14-16-18-20-22-24-26-28-29-30-31-32-33-34-35-36-37-38-39-40-41-42-43-44-45-47-49-51-53-55-57-59-61-63-65-67-73(77)74-71(70-81-82(78,79)80-69-68-75(3,4)5)72(76)66-64-62-60-58-56-54-52-50-48-46-27-25-23-21-19-17-15-13-11-9-7-2/h36-37,64,66,71-72,76H,6-35,38-63,65,67-70H2,1-5H3,(H-,74,77,78,79)/b37-36-,66-64+. The van der Waals surface area contributed by atoms with Gasteiger partial charge in [0.15, 0.2) is 0 Å². The number of phosphoric acid groups is 1. The molecule has 0 aromatic carbocycles. The van der Waals surface area contributed by atoms with Gasteiger partial charge in [0.25, 0.3) is 7.82 Å². The summed E-state index contributed by atoms with van der Waals surface area (Å²) in [5, 5.41) is 14.0. The number of nitrogens with one attached hydrogen (secondary N) is 1. The first kappa shape index (κ1) is 81.0. The zero-order chi connectivity index (χ0) is 59.8. The molecule has 0 aliphatic heterocycles. The van der Waals surface area contributed by atoms with Crippen LogP contribution in [-0.2, 0) is 18.4 Å². The normalized spacial score (nSPS) is 13.7. The molecule has 9 heteroatoms. The van der Waals surface area contributed by atoms with Gasteiger partial charge in [0.1, 0.15) is 13.2 Å². The smallest absolute Gasteiger partial charge is 0.268 e. The number of amides is 1. The number of phosphoric ester groups is 1. The van der Waals surface area contributed by atoms with Crippen molar-refractivity contribution in [2.75, 3.05) is 40.9 Å². The van der Waals surface area contributed by atoms with E-state index in [1.165, 1.54) is 327 Å². The summed E-state index contributed by atoms with van der Waals surface area (Å²) in [5.41, 5.74) is 0. The van der Waals surface area contributed by atoms with E-state index in [2.05, 4.69) is 31.3 Å². The van der Waals surface area contributed by atoms with Crippen LogP contribution >= 0.6 is 7.82 Å². The fraction of sp³-hybridized carbons (Fsp3) is 0.932. The molecular formula is C73H145N2O6P. The molecule has 2 N–H and O–H groups in total. The molecule has 0 aromatic heterocycles. The maximum Gasteiger partial charge on any atom is 0.268 e. The zero-order valence-corrected chi connectivity index (χ0v) is 56.9. The third-order valence-corrected chi connectivity index (χ3v) is 18.1. The molecule has 488 valence electrons. The molecule has 0 rings (SSSR count). The van der Waals surface area contributed by atoms with Crippen LogP contribution in [0.15, 0.2) is 24.3 Å². The number of rotatable bonds is 69. The molecule has 0 saturated carbocycles. The van der Waals surface area contributed by atoms with Crippen LogP contribution in [0.3, 0.4) is 0 Å². The quantitative estimate of drug-likeness (QED) is 0.0272. The van der Waals surface area contributed by atoms with Gasteiger partial charge in [-0.3, -0.25) is 9.36 Å². The lowest BCUT2D eigenvalue weighted by atomic mass is 10.0. The van der Waals surface area contributed by atoms with Crippen LogP contribution in [0.4, 0.5) is 0 Å². The summed E-state index contributed by atoms with van der Waals surface area (Å²) in [5.74, 6) is -0.189. The van der Waals surface area contributed by atoms with Crippen molar-refractivity contribution in [1.29, 1.82) is 0 Å². The summed E-state index contributed by atoms with van der Waals surface area (Å²) in [4.78, 5) is 25.6. The Labute approximate surface area is 513 Å². The molecule has 1 amide bonds. The van der Waals surface area contributed by atoms with E-state index in [1.54, 1.807) is 6.08 Å². The molecule has 0 saturated heterocycles. The number of unbranched alkanes of at least 4 members (excludes halogenated alkanes) is 54. The van der Waals surface area contributed by atoms with Crippen LogP contribution in [0.25, 0.3) is 0 Å². The van der Waals surface area contributed by atoms with Gasteiger partial charge in [-0.15, -0.1) is 0 Å². The van der Waals surface area contributed by atoms with Gasteiger partial charge in [0.2, 0.25) is 5.91 Å². The molecule has 0 aromatic rings. The number of nitrogens with zero attached hydrogens (tertiary/aromatic N) is 1. The van der Waals surface area contributed by atoms with Gasteiger partial charge < -0.3 is 28.8 Å². The average Bonchev–Trinajstić information content (AvgIpc) is 3.46. The zero-order valence-electron chi connectivity index (χ0n) is 56.0. The van der Waals surface area contributed by atoms with Crippen molar-refractivity contribution >= 4 is 13.7 Å². The summed E-state index contributed by atoms with van der Waals surface area (Å²) in [6.07, 6.45) is 84.7. The minimum absolute atomic E-state index is 0.00173. The van der Waals surface area contributed by atoms with E-state index in [9.17, 15) is 19.4 Å². The number of hydrogen-bond donors (Lipinski definition) is 2. The van der Waals surface area contributed by atoms with Crippen LogP contribution in [0.2, 0.25) is 0 Å². The molecule has 3 atom stereocenters. The van der Waals surface area contributed by atoms with Crippen LogP contribution in [-0.4, -0.2) is 68.5 Å². The van der Waals surface area contributed by atoms with Crippen molar-refractivity contribution < 1.29 is 32.9 Å². The molecule has 82 heavy (non-hydrogen) atoms. The third-order valence-electron chi connectivity index (χ3n) is 17.2. The van der Waals surface area contributed by atoms with E-state index in [-0.39, 0.29) is 19.1 Å². The van der Waals surface area contributed by atoms with Crippen molar-refractivity contribution in [2.24, 2.45) is 0 Å². The predicted octanol–water partition coefficient (Wildman–Crippen LogP) is 22.8. The fourth-order valence-electron chi connectivity index (χ4n) is 11.4. The maximum atomic E-state index is 13.0. The van der Waals surface area contributed by atoms with Crippen LogP contribution in [0.5, 0.6) is 0 Å². The van der Waals surface area contributed by atoms with Crippen LogP contribution < -0.4 is 10.2 Å². The van der Waals surface area contributed by atoms with Gasteiger partial charge >= 0.3 is 0 Å². The lowest BCUT2D eigenvalue weighted by Gasteiger charge is -2.29. The van der Waals surface area contributed by atoms with Gasteiger partial charge in [0, 0.05) is 6.42 Å². The number of aliphatic hydroxyl groups excluding tert-OH is 1. The Hall–Kier alpha value is -1.02. The number of carbonyl (C=O) groups is 1. The molecular weight excluding hydrogens is 1030 g/mol. The maximum absolute atomic E-state index is 13.0. The Balaban J connectivity index is 3.92. The van der Waals surface area contributed by atoms with E-state index in [1.807, 2.05) is 27.2 Å². The van der Waals surface area contributed by atoms with Gasteiger partial charge in [-0.2, -0.15) is 0 Å². The summed E-state index contributed by atoms with van der Waals surface area (Å²) in [7, 11) is 1.28. The number of carbonyl (C=O) groups excluding carboxylic acids is 1. The molecule has 0 aliphatic rings. The molecule has 0 spiro atoms. The largest absolute Gasteiger partial charge is 0.756 e. The predicted molar refractivity (Wildman–Crippen MR) is 358 cm³/mol. The fourth-order valence-corrected chi connectivity index (χ4v) is 12.2. The van der Waals surface area contributed by atoms with Crippen molar-refractivity contribution in [3.63, 3.8) is 0 Å². The Morgan fingerprint density at radius 1 is 0.415 bits per heavy atom. The number of hydrogen-bond acceptors (Lipinski definition) is 6. The highest BCUT2D eigenvalue weighted by Crippen LogP contribution is 2.38. The van der Waals surface area contributed by atoms with Crippen LogP contribution in [0, 0.1) is 0 Å². The summed E-state index contributed by atoms with van der Waals surface area (Å²) < 4.78 is 23.5. The second kappa shape index (κ2) is 64.5. The summed E-state index contributed by atoms with van der Waals surface area (Å²) >= 11 is 0.